The van der Waals surface area contributed by atoms with Crippen molar-refractivity contribution in [3.8, 4) is 0 Å². The lowest BCUT2D eigenvalue weighted by Crippen LogP contribution is -1.90. The van der Waals surface area contributed by atoms with Crippen LogP contribution in [0.1, 0.15) is 49.7 Å². The van der Waals surface area contributed by atoms with Crippen molar-refractivity contribution in [2.45, 2.75) is 46.9 Å². The van der Waals surface area contributed by atoms with Gasteiger partial charge in [0.1, 0.15) is 0 Å². The van der Waals surface area contributed by atoms with Crippen molar-refractivity contribution in [2.75, 3.05) is 0 Å². The molecule has 9 heavy (non-hydrogen) atoms. The molecule has 0 fully saturated rings. The molecule has 0 aliphatic heterocycles. The summed E-state index contributed by atoms with van der Waals surface area (Å²) in [6.07, 6.45) is 0.415. The van der Waals surface area contributed by atoms with Gasteiger partial charge in [0, 0.05) is 2.74 Å². The molecule has 0 heteroatoms. The molecular weight excluding hydrogens is 108 g/mol. The number of rotatable bonds is 4. The molecule has 0 amide bonds. The maximum Gasteiger partial charge on any atom is 0.0267 e. The van der Waals surface area contributed by atoms with Crippen LogP contribution < -0.4 is 0 Å². The third-order valence-electron chi connectivity index (χ3n) is 1.11. The summed E-state index contributed by atoms with van der Waals surface area (Å²) in [5.41, 5.74) is 0. The maximum absolute atomic E-state index is 7.65. The van der Waals surface area contributed by atoms with Crippen LogP contribution in [0.25, 0.3) is 0 Å². The smallest absolute Gasteiger partial charge is 0.0267 e. The second-order valence-corrected chi connectivity index (χ2v) is 3.45. The van der Waals surface area contributed by atoms with E-state index in [0.717, 1.165) is 0 Å². The average Bonchev–Trinajstić information content (AvgIpc) is 1.53. The first-order chi connectivity index (χ1) is 4.83. The molecule has 0 saturated heterocycles. The Kier molecular flexibility index (Phi) is 3.10. The summed E-state index contributed by atoms with van der Waals surface area (Å²) in [5.74, 6) is 0.924. The molecule has 0 aliphatic rings. The Balaban J connectivity index is 3.79. The van der Waals surface area contributed by atoms with Crippen LogP contribution in [0.15, 0.2) is 0 Å². The standard InChI is InChI=1S/C9H20/c1-8(2)6-5-7-9(3)4/h8-9H,5-7H2,1-4H3/i5T2. The van der Waals surface area contributed by atoms with E-state index in [1.165, 1.54) is 0 Å². The van der Waals surface area contributed by atoms with Crippen molar-refractivity contribution in [3.05, 3.63) is 0 Å². The van der Waals surface area contributed by atoms with Crippen LogP contribution in [0, 0.1) is 11.8 Å². The molecule has 0 aliphatic carbocycles. The lowest BCUT2D eigenvalue weighted by atomic mass is 10.0. The predicted molar refractivity (Wildman–Crippen MR) is 43.5 cm³/mol. The van der Waals surface area contributed by atoms with E-state index in [2.05, 4.69) is 27.7 Å². The molecule has 0 bridgehead atoms. The van der Waals surface area contributed by atoms with E-state index in [0.29, 0.717) is 24.7 Å². The van der Waals surface area contributed by atoms with Gasteiger partial charge in [-0.2, -0.15) is 0 Å². The molecule has 0 rings (SSSR count). The van der Waals surface area contributed by atoms with Gasteiger partial charge in [-0.1, -0.05) is 46.9 Å². The van der Waals surface area contributed by atoms with Gasteiger partial charge in [-0.25, -0.2) is 0 Å². The molecule has 56 valence electrons. The Hall–Kier alpha value is 0. The minimum atomic E-state index is -0.956. The lowest BCUT2D eigenvalue weighted by molar-refractivity contribution is 0.480. The van der Waals surface area contributed by atoms with Crippen LogP contribution in [0.3, 0.4) is 0 Å². The molecule has 0 atom stereocenters. The largest absolute Gasteiger partial charge is 0.0628 e. The second kappa shape index (κ2) is 4.84. The summed E-state index contributed by atoms with van der Waals surface area (Å²) >= 11 is 0. The summed E-state index contributed by atoms with van der Waals surface area (Å²) < 4.78 is 15.3. The van der Waals surface area contributed by atoms with Crippen LogP contribution in [0.2, 0.25) is 0 Å². The van der Waals surface area contributed by atoms with Gasteiger partial charge in [-0.05, 0) is 11.8 Å². The number of hydrogen-bond donors (Lipinski definition) is 0. The summed E-state index contributed by atoms with van der Waals surface area (Å²) in [4.78, 5) is 0. The molecule has 0 aromatic carbocycles. The highest BCUT2D eigenvalue weighted by Crippen LogP contribution is 2.10. The fourth-order valence-corrected chi connectivity index (χ4v) is 0.661. The number of hydrogen-bond acceptors (Lipinski definition) is 0. The van der Waals surface area contributed by atoms with Crippen molar-refractivity contribution in [1.82, 2.24) is 0 Å². The van der Waals surface area contributed by atoms with Gasteiger partial charge in [0.05, 0.1) is 0 Å². The van der Waals surface area contributed by atoms with Gasteiger partial charge in [-0.15, -0.1) is 0 Å². The maximum atomic E-state index is 7.65. The molecular formula is C9H20. The first-order valence-corrected chi connectivity index (χ1v) is 3.83. The fraction of sp³-hybridized carbons (Fsp3) is 1.00. The molecule has 0 unspecified atom stereocenters. The first kappa shape index (κ1) is 5.76. The Morgan fingerprint density at radius 3 is 1.56 bits per heavy atom. The van der Waals surface area contributed by atoms with E-state index >= 15 is 0 Å². The van der Waals surface area contributed by atoms with Crippen molar-refractivity contribution < 1.29 is 2.74 Å². The van der Waals surface area contributed by atoms with Crippen molar-refractivity contribution in [1.29, 1.82) is 0 Å². The Morgan fingerprint density at radius 2 is 1.33 bits per heavy atom. The topological polar surface area (TPSA) is 0 Å². The van der Waals surface area contributed by atoms with Crippen molar-refractivity contribution in [3.63, 3.8) is 0 Å². The quantitative estimate of drug-likeness (QED) is 0.549. The lowest BCUT2D eigenvalue weighted by Gasteiger charge is -2.05. The van der Waals surface area contributed by atoms with E-state index < -0.39 is 6.37 Å². The molecule has 0 heterocycles. The van der Waals surface area contributed by atoms with E-state index in [1.807, 2.05) is 0 Å². The van der Waals surface area contributed by atoms with E-state index in [-0.39, 0.29) is 0 Å². The third-order valence-corrected chi connectivity index (χ3v) is 1.11. The second-order valence-electron chi connectivity index (χ2n) is 3.45. The van der Waals surface area contributed by atoms with Crippen molar-refractivity contribution in [2.24, 2.45) is 11.8 Å². The normalized spacial score (nSPS) is 16.2. The minimum absolute atomic E-state index is 0.462. The van der Waals surface area contributed by atoms with Crippen molar-refractivity contribution >= 4 is 0 Å². The van der Waals surface area contributed by atoms with Gasteiger partial charge < -0.3 is 0 Å². The summed E-state index contributed by atoms with van der Waals surface area (Å²) in [7, 11) is 0. The van der Waals surface area contributed by atoms with E-state index in [1.54, 1.807) is 0 Å². The minimum Gasteiger partial charge on any atom is -0.0628 e. The zero-order valence-electron chi connectivity index (χ0n) is 9.07. The van der Waals surface area contributed by atoms with E-state index in [4.69, 9.17) is 2.74 Å². The van der Waals surface area contributed by atoms with E-state index in [9.17, 15) is 0 Å². The third kappa shape index (κ3) is 8.00. The zero-order valence-corrected chi connectivity index (χ0v) is 7.07. The summed E-state index contributed by atoms with van der Waals surface area (Å²) in [6, 6.07) is 0. The van der Waals surface area contributed by atoms with Gasteiger partial charge in [-0.3, -0.25) is 0 Å². The molecule has 0 saturated carbocycles. The van der Waals surface area contributed by atoms with Crippen LogP contribution in [-0.4, -0.2) is 0 Å². The van der Waals surface area contributed by atoms with Gasteiger partial charge >= 0.3 is 0 Å². The highest BCUT2D eigenvalue weighted by atomic mass is 14.0. The molecule has 0 aromatic rings. The van der Waals surface area contributed by atoms with Crippen LogP contribution in [-0.2, 0) is 0 Å². The molecule has 0 nitrogen and oxygen atoms in total. The summed E-state index contributed by atoms with van der Waals surface area (Å²) in [5, 5.41) is 0. The van der Waals surface area contributed by atoms with Gasteiger partial charge in [0.15, 0.2) is 0 Å². The average molecular weight is 132 g/mol. The predicted octanol–water partition coefficient (Wildman–Crippen LogP) is 3.47. The SMILES string of the molecule is [3H]C([3H])(CC(C)C)CC(C)C. The Morgan fingerprint density at radius 1 is 1.00 bits per heavy atom. The molecule has 0 spiro atoms. The highest BCUT2D eigenvalue weighted by molar-refractivity contribution is 4.49. The van der Waals surface area contributed by atoms with Crippen LogP contribution in [0.4, 0.5) is 0 Å². The molecule has 0 aromatic heterocycles. The first-order valence-electron chi connectivity index (χ1n) is 4.83. The highest BCUT2D eigenvalue weighted by Gasteiger charge is 1.95. The summed E-state index contributed by atoms with van der Waals surface area (Å²) in [6.45, 7) is 8.27. The monoisotopic (exact) mass is 132 g/mol. The fourth-order valence-electron chi connectivity index (χ4n) is 0.661. The van der Waals surface area contributed by atoms with Gasteiger partial charge in [0.25, 0.3) is 0 Å². The van der Waals surface area contributed by atoms with Crippen LogP contribution >= 0.6 is 0 Å². The molecule has 0 N–H and O–H groups in total. The van der Waals surface area contributed by atoms with Gasteiger partial charge in [0.2, 0.25) is 0 Å². The zero-order chi connectivity index (χ0) is 9.07. The Bertz CT molecular complexity index is 94.1. The Labute approximate surface area is 62.5 Å². The molecule has 0 radical (unpaired) electrons. The van der Waals surface area contributed by atoms with Crippen LogP contribution in [0.5, 0.6) is 0 Å².